The van der Waals surface area contributed by atoms with E-state index in [0.717, 1.165) is 5.52 Å². The normalized spacial score (nSPS) is 10.4. The number of nitrogens with one attached hydrogen (secondary N) is 1. The van der Waals surface area contributed by atoms with Gasteiger partial charge in [0.15, 0.2) is 0 Å². The van der Waals surface area contributed by atoms with Crippen LogP contribution in [0, 0.1) is 0 Å². The van der Waals surface area contributed by atoms with Crippen molar-refractivity contribution in [1.29, 1.82) is 0 Å². The van der Waals surface area contributed by atoms with Crippen LogP contribution in [0.25, 0.3) is 10.9 Å². The van der Waals surface area contributed by atoms with E-state index in [2.05, 4.69) is 9.72 Å². The fraction of sp³-hybridized carbons (Fsp3) is 0.100. The molecule has 0 bridgehead atoms. The molecule has 0 fully saturated rings. The summed E-state index contributed by atoms with van der Waals surface area (Å²) in [5, 5.41) is 10.2. The van der Waals surface area contributed by atoms with Crippen molar-refractivity contribution in [2.24, 2.45) is 0 Å². The first-order chi connectivity index (χ1) is 6.74. The Balaban J connectivity index is 2.76. The van der Waals surface area contributed by atoms with Crippen molar-refractivity contribution in [3.63, 3.8) is 0 Å². The van der Waals surface area contributed by atoms with E-state index in [9.17, 15) is 9.90 Å². The van der Waals surface area contributed by atoms with Crippen LogP contribution in [0.4, 0.5) is 0 Å². The van der Waals surface area contributed by atoms with Gasteiger partial charge in [0.05, 0.1) is 7.11 Å². The number of carbonyl (C=O) groups excluding carboxylic acids is 1. The molecule has 0 spiro atoms. The largest absolute Gasteiger partial charge is 0.507 e. The predicted molar refractivity (Wildman–Crippen MR) is 51.3 cm³/mol. The van der Waals surface area contributed by atoms with Gasteiger partial charge in [-0.15, -0.1) is 0 Å². The van der Waals surface area contributed by atoms with E-state index in [0.29, 0.717) is 5.39 Å². The highest BCUT2D eigenvalue weighted by atomic mass is 16.5. The molecule has 2 aromatic rings. The molecule has 14 heavy (non-hydrogen) atoms. The number of aromatic hydroxyl groups is 1. The number of fused-ring (bicyclic) bond motifs is 1. The SMILES string of the molecule is COC(=O)c1c(O)ccc2[nH]ccc12. The monoisotopic (exact) mass is 191 g/mol. The molecule has 2 rings (SSSR count). The Bertz CT molecular complexity index is 487. The summed E-state index contributed by atoms with van der Waals surface area (Å²) in [5.41, 5.74) is 0.995. The smallest absolute Gasteiger partial charge is 0.342 e. The van der Waals surface area contributed by atoms with E-state index in [1.807, 2.05) is 0 Å². The van der Waals surface area contributed by atoms with E-state index in [1.165, 1.54) is 13.2 Å². The number of methoxy groups -OCH3 is 1. The average molecular weight is 191 g/mol. The van der Waals surface area contributed by atoms with Gasteiger partial charge in [0.25, 0.3) is 0 Å². The Morgan fingerprint density at radius 1 is 1.43 bits per heavy atom. The van der Waals surface area contributed by atoms with Gasteiger partial charge in [0.1, 0.15) is 11.3 Å². The molecule has 0 amide bonds. The van der Waals surface area contributed by atoms with Crippen molar-refractivity contribution in [2.45, 2.75) is 0 Å². The van der Waals surface area contributed by atoms with Crippen LogP contribution >= 0.6 is 0 Å². The Kier molecular flexibility index (Phi) is 1.89. The lowest BCUT2D eigenvalue weighted by Gasteiger charge is -2.03. The highest BCUT2D eigenvalue weighted by Crippen LogP contribution is 2.26. The topological polar surface area (TPSA) is 62.3 Å². The van der Waals surface area contributed by atoms with Crippen LogP contribution in [0.1, 0.15) is 10.4 Å². The van der Waals surface area contributed by atoms with Crippen molar-refractivity contribution >= 4 is 16.9 Å². The van der Waals surface area contributed by atoms with Crippen LogP contribution in [-0.2, 0) is 4.74 Å². The first kappa shape index (κ1) is 8.62. The van der Waals surface area contributed by atoms with Crippen molar-refractivity contribution in [2.75, 3.05) is 7.11 Å². The number of carbonyl (C=O) groups is 1. The lowest BCUT2D eigenvalue weighted by molar-refractivity contribution is 0.0600. The minimum atomic E-state index is -0.535. The number of benzene rings is 1. The minimum Gasteiger partial charge on any atom is -0.507 e. The summed E-state index contributed by atoms with van der Waals surface area (Å²) in [5.74, 6) is -0.600. The molecule has 0 aliphatic carbocycles. The molecule has 4 nitrogen and oxygen atoms in total. The van der Waals surface area contributed by atoms with Gasteiger partial charge >= 0.3 is 5.97 Å². The molecule has 2 N–H and O–H groups in total. The number of aromatic nitrogens is 1. The number of H-pyrrole nitrogens is 1. The zero-order valence-corrected chi connectivity index (χ0v) is 7.57. The van der Waals surface area contributed by atoms with Crippen molar-refractivity contribution in [3.8, 4) is 5.75 Å². The summed E-state index contributed by atoms with van der Waals surface area (Å²) >= 11 is 0. The third-order valence-corrected chi connectivity index (χ3v) is 2.10. The summed E-state index contributed by atoms with van der Waals surface area (Å²) in [4.78, 5) is 14.3. The molecule has 0 unspecified atom stereocenters. The summed E-state index contributed by atoms with van der Waals surface area (Å²) < 4.78 is 4.58. The summed E-state index contributed by atoms with van der Waals surface area (Å²) in [6.07, 6.45) is 1.70. The number of hydrogen-bond donors (Lipinski definition) is 2. The van der Waals surface area contributed by atoms with Gasteiger partial charge in [0.2, 0.25) is 0 Å². The molecule has 4 heteroatoms. The number of ether oxygens (including phenoxy) is 1. The predicted octanol–water partition coefficient (Wildman–Crippen LogP) is 1.66. The second-order valence-corrected chi connectivity index (χ2v) is 2.89. The number of phenols is 1. The quantitative estimate of drug-likeness (QED) is 0.674. The van der Waals surface area contributed by atoms with Crippen LogP contribution in [0.5, 0.6) is 5.75 Å². The van der Waals surface area contributed by atoms with E-state index in [1.54, 1.807) is 18.3 Å². The molecule has 0 saturated carbocycles. The lowest BCUT2D eigenvalue weighted by Crippen LogP contribution is -2.01. The zero-order chi connectivity index (χ0) is 10.1. The molecule has 0 atom stereocenters. The molecule has 0 aliphatic heterocycles. The first-order valence-corrected chi connectivity index (χ1v) is 4.11. The molecule has 0 saturated heterocycles. The van der Waals surface area contributed by atoms with Gasteiger partial charge < -0.3 is 14.8 Å². The van der Waals surface area contributed by atoms with Crippen LogP contribution in [-0.4, -0.2) is 23.2 Å². The second-order valence-electron chi connectivity index (χ2n) is 2.89. The number of esters is 1. The third-order valence-electron chi connectivity index (χ3n) is 2.10. The molecule has 1 heterocycles. The van der Waals surface area contributed by atoms with Gasteiger partial charge in [-0.2, -0.15) is 0 Å². The maximum atomic E-state index is 11.4. The lowest BCUT2D eigenvalue weighted by atomic mass is 10.1. The van der Waals surface area contributed by atoms with Crippen molar-refractivity contribution in [1.82, 2.24) is 4.98 Å². The summed E-state index contributed by atoms with van der Waals surface area (Å²) in [6, 6.07) is 4.89. The van der Waals surface area contributed by atoms with Crippen molar-refractivity contribution < 1.29 is 14.6 Å². The minimum absolute atomic E-state index is 0.0658. The van der Waals surface area contributed by atoms with Gasteiger partial charge in [0, 0.05) is 17.1 Å². The highest BCUT2D eigenvalue weighted by Gasteiger charge is 2.15. The molecule has 72 valence electrons. The van der Waals surface area contributed by atoms with Gasteiger partial charge in [-0.1, -0.05) is 0 Å². The van der Waals surface area contributed by atoms with Crippen LogP contribution < -0.4 is 0 Å². The Hall–Kier alpha value is -1.97. The van der Waals surface area contributed by atoms with Gasteiger partial charge in [-0.25, -0.2) is 4.79 Å². The molecule has 0 aliphatic rings. The maximum absolute atomic E-state index is 11.4. The molecule has 1 aromatic heterocycles. The van der Waals surface area contributed by atoms with Gasteiger partial charge in [-0.05, 0) is 18.2 Å². The third kappa shape index (κ3) is 1.12. The molecular formula is C10H9NO3. The second kappa shape index (κ2) is 3.06. The highest BCUT2D eigenvalue weighted by molar-refractivity contribution is 6.06. The molecular weight excluding hydrogens is 182 g/mol. The number of hydrogen-bond acceptors (Lipinski definition) is 3. The summed E-state index contributed by atoms with van der Waals surface area (Å²) in [7, 11) is 1.28. The van der Waals surface area contributed by atoms with E-state index in [-0.39, 0.29) is 11.3 Å². The zero-order valence-electron chi connectivity index (χ0n) is 7.57. The Labute approximate surface area is 80.1 Å². The number of rotatable bonds is 1. The van der Waals surface area contributed by atoms with Gasteiger partial charge in [-0.3, -0.25) is 0 Å². The number of aromatic amines is 1. The van der Waals surface area contributed by atoms with Crippen LogP contribution in [0.2, 0.25) is 0 Å². The van der Waals surface area contributed by atoms with Crippen molar-refractivity contribution in [3.05, 3.63) is 30.0 Å². The standard InChI is InChI=1S/C10H9NO3/c1-14-10(13)9-6-4-5-11-7(6)2-3-8(9)12/h2-5,11-12H,1H3. The van der Waals surface area contributed by atoms with E-state index < -0.39 is 5.97 Å². The average Bonchev–Trinajstić information content (AvgIpc) is 2.64. The number of phenolic OH excluding ortho intramolecular Hbond substituents is 1. The molecule has 0 radical (unpaired) electrons. The fourth-order valence-electron chi connectivity index (χ4n) is 1.44. The Morgan fingerprint density at radius 3 is 2.93 bits per heavy atom. The summed E-state index contributed by atoms with van der Waals surface area (Å²) in [6.45, 7) is 0. The first-order valence-electron chi connectivity index (χ1n) is 4.11. The van der Waals surface area contributed by atoms with Crippen LogP contribution in [0.3, 0.4) is 0 Å². The van der Waals surface area contributed by atoms with Crippen LogP contribution in [0.15, 0.2) is 24.4 Å². The molecule has 1 aromatic carbocycles. The maximum Gasteiger partial charge on any atom is 0.342 e. The van der Waals surface area contributed by atoms with E-state index >= 15 is 0 Å². The fourth-order valence-corrected chi connectivity index (χ4v) is 1.44. The van der Waals surface area contributed by atoms with E-state index in [4.69, 9.17) is 0 Å². The Morgan fingerprint density at radius 2 is 2.21 bits per heavy atom.